The lowest BCUT2D eigenvalue weighted by molar-refractivity contribution is 0.0463. The maximum Gasteiger partial charge on any atom is 0.339 e. The van der Waals surface area contributed by atoms with E-state index in [0.29, 0.717) is 18.2 Å². The molecule has 0 bridgehead atoms. The fourth-order valence-electron chi connectivity index (χ4n) is 3.89. The number of likely N-dealkylation sites (tertiary alicyclic amines) is 1. The molecule has 0 aromatic heterocycles. The molecule has 4 heteroatoms. The van der Waals surface area contributed by atoms with E-state index in [2.05, 4.69) is 23.1 Å². The molecule has 23 heavy (non-hydrogen) atoms. The lowest BCUT2D eigenvalue weighted by Gasteiger charge is -2.25. The van der Waals surface area contributed by atoms with Gasteiger partial charge in [0.15, 0.2) is 0 Å². The van der Waals surface area contributed by atoms with Gasteiger partial charge in [0.25, 0.3) is 0 Å². The lowest BCUT2D eigenvalue weighted by atomic mass is 9.94. The molecule has 1 fully saturated rings. The topological polar surface area (TPSA) is 38.8 Å². The minimum atomic E-state index is -0.210. The van der Waals surface area contributed by atoms with Crippen LogP contribution in [0.5, 0.6) is 0 Å². The highest BCUT2D eigenvalue weighted by molar-refractivity contribution is 6.08. The minimum absolute atomic E-state index is 0.210. The molecule has 0 unspecified atom stereocenters. The number of hydrogen-bond acceptors (Lipinski definition) is 4. The van der Waals surface area contributed by atoms with Crippen molar-refractivity contribution in [3.05, 3.63) is 47.0 Å². The van der Waals surface area contributed by atoms with E-state index < -0.39 is 0 Å². The number of carbonyl (C=O) groups excluding carboxylic acids is 1. The molecule has 4 rings (SSSR count). The van der Waals surface area contributed by atoms with E-state index in [1.54, 1.807) is 7.11 Å². The van der Waals surface area contributed by atoms with E-state index in [4.69, 9.17) is 9.47 Å². The molecule has 2 aliphatic heterocycles. The fourth-order valence-corrected chi connectivity index (χ4v) is 3.89. The molecule has 1 atom stereocenters. The number of nitrogens with zero attached hydrogens (tertiary/aromatic N) is 1. The van der Waals surface area contributed by atoms with Gasteiger partial charge in [0, 0.05) is 25.1 Å². The summed E-state index contributed by atoms with van der Waals surface area (Å²) in [6.45, 7) is 3.18. The molecule has 120 valence electrons. The summed E-state index contributed by atoms with van der Waals surface area (Å²) in [7, 11) is 1.77. The Hall–Kier alpha value is -1.91. The van der Waals surface area contributed by atoms with Gasteiger partial charge in [0.2, 0.25) is 0 Å². The largest absolute Gasteiger partial charge is 0.457 e. The standard InChI is InChI=1S/C19H21NO3/c1-22-12-15-4-3-9-20(15)10-13-7-8-14-11-23-19(21)17-6-2-5-16(13)18(14)17/h2,5-8,15H,3-4,9-12H2,1H3/t15-/m0/s1. The molecule has 0 amide bonds. The van der Waals surface area contributed by atoms with Crippen LogP contribution in [-0.2, 0) is 22.6 Å². The highest BCUT2D eigenvalue weighted by Crippen LogP contribution is 2.32. The fraction of sp³-hybridized carbons (Fsp3) is 0.421. The van der Waals surface area contributed by atoms with E-state index >= 15 is 0 Å². The second-order valence-corrected chi connectivity index (χ2v) is 6.41. The molecular formula is C19H21NO3. The Kier molecular flexibility index (Phi) is 3.79. The first-order valence-corrected chi connectivity index (χ1v) is 8.21. The van der Waals surface area contributed by atoms with Gasteiger partial charge in [-0.1, -0.05) is 24.3 Å². The summed E-state index contributed by atoms with van der Waals surface area (Å²) in [6, 6.07) is 10.7. The van der Waals surface area contributed by atoms with E-state index in [-0.39, 0.29) is 5.97 Å². The number of cyclic esters (lactones) is 1. The van der Waals surface area contributed by atoms with Crippen molar-refractivity contribution in [2.45, 2.75) is 32.0 Å². The van der Waals surface area contributed by atoms with Crippen molar-refractivity contribution in [1.29, 1.82) is 0 Å². The smallest absolute Gasteiger partial charge is 0.339 e. The third-order valence-electron chi connectivity index (χ3n) is 5.03. The van der Waals surface area contributed by atoms with Gasteiger partial charge in [0.1, 0.15) is 6.61 Å². The molecule has 0 aliphatic carbocycles. The monoisotopic (exact) mass is 311 g/mol. The molecule has 2 aliphatic rings. The first-order valence-electron chi connectivity index (χ1n) is 8.21. The summed E-state index contributed by atoms with van der Waals surface area (Å²) in [5, 5.41) is 2.25. The van der Waals surface area contributed by atoms with Gasteiger partial charge in [0.05, 0.1) is 12.2 Å². The summed E-state index contributed by atoms with van der Waals surface area (Å²) in [5.74, 6) is -0.210. The van der Waals surface area contributed by atoms with E-state index in [1.165, 1.54) is 23.8 Å². The average Bonchev–Trinajstić information content (AvgIpc) is 3.00. The van der Waals surface area contributed by atoms with Crippen molar-refractivity contribution >= 4 is 16.7 Å². The highest BCUT2D eigenvalue weighted by Gasteiger charge is 2.26. The van der Waals surface area contributed by atoms with Crippen molar-refractivity contribution in [2.24, 2.45) is 0 Å². The third kappa shape index (κ3) is 2.52. The molecule has 4 nitrogen and oxygen atoms in total. The van der Waals surface area contributed by atoms with E-state index in [0.717, 1.165) is 30.6 Å². The van der Waals surface area contributed by atoms with Crippen LogP contribution in [0, 0.1) is 0 Å². The normalized spacial score (nSPS) is 20.9. The molecule has 2 aromatic rings. The quantitative estimate of drug-likeness (QED) is 0.813. The summed E-state index contributed by atoms with van der Waals surface area (Å²) in [5.41, 5.74) is 3.08. The molecule has 2 aromatic carbocycles. The van der Waals surface area contributed by atoms with Crippen LogP contribution in [0.2, 0.25) is 0 Å². The van der Waals surface area contributed by atoms with Gasteiger partial charge in [-0.3, -0.25) is 4.90 Å². The number of esters is 1. The predicted octanol–water partition coefficient (Wildman–Crippen LogP) is 3.12. The Labute approximate surface area is 136 Å². The van der Waals surface area contributed by atoms with Crippen molar-refractivity contribution < 1.29 is 14.3 Å². The minimum Gasteiger partial charge on any atom is -0.457 e. The Morgan fingerprint density at radius 3 is 3.09 bits per heavy atom. The molecule has 1 saturated heterocycles. The van der Waals surface area contributed by atoms with Crippen molar-refractivity contribution in [1.82, 2.24) is 4.90 Å². The third-order valence-corrected chi connectivity index (χ3v) is 5.03. The molecular weight excluding hydrogens is 290 g/mol. The first kappa shape index (κ1) is 14.7. The number of carbonyl (C=O) groups is 1. The zero-order valence-corrected chi connectivity index (χ0v) is 13.4. The average molecular weight is 311 g/mol. The number of benzene rings is 2. The van der Waals surface area contributed by atoms with Crippen LogP contribution >= 0.6 is 0 Å². The molecule has 2 heterocycles. The number of hydrogen-bond donors (Lipinski definition) is 0. The summed E-state index contributed by atoms with van der Waals surface area (Å²) in [4.78, 5) is 14.5. The summed E-state index contributed by atoms with van der Waals surface area (Å²) < 4.78 is 10.6. The Bertz CT molecular complexity index is 756. The van der Waals surface area contributed by atoms with Crippen molar-refractivity contribution in [2.75, 3.05) is 20.3 Å². The zero-order valence-electron chi connectivity index (χ0n) is 13.4. The molecule has 0 saturated carbocycles. The highest BCUT2D eigenvalue weighted by atomic mass is 16.5. The van der Waals surface area contributed by atoms with Crippen molar-refractivity contribution in [3.63, 3.8) is 0 Å². The van der Waals surface area contributed by atoms with Gasteiger partial charge >= 0.3 is 5.97 Å². The second kappa shape index (κ2) is 5.95. The SMILES string of the molecule is COC[C@@H]1CCCN1Cc1ccc2c3c(cccc13)C(=O)OC2. The van der Waals surface area contributed by atoms with Crippen LogP contribution in [0.25, 0.3) is 10.8 Å². The molecule has 0 spiro atoms. The van der Waals surface area contributed by atoms with Crippen molar-refractivity contribution in [3.8, 4) is 0 Å². The van der Waals surface area contributed by atoms with Crippen LogP contribution in [0.3, 0.4) is 0 Å². The number of rotatable bonds is 4. The van der Waals surface area contributed by atoms with Gasteiger partial charge in [-0.05, 0) is 42.0 Å². The Balaban J connectivity index is 1.73. The first-order chi connectivity index (χ1) is 11.3. The van der Waals surface area contributed by atoms with Crippen LogP contribution in [0.4, 0.5) is 0 Å². The summed E-state index contributed by atoms with van der Waals surface area (Å²) in [6.07, 6.45) is 2.42. The van der Waals surface area contributed by atoms with Gasteiger partial charge < -0.3 is 9.47 Å². The van der Waals surface area contributed by atoms with Gasteiger partial charge in [-0.25, -0.2) is 4.79 Å². The van der Waals surface area contributed by atoms with E-state index in [1.807, 2.05) is 12.1 Å². The summed E-state index contributed by atoms with van der Waals surface area (Å²) >= 11 is 0. The maximum absolute atomic E-state index is 12.0. The van der Waals surface area contributed by atoms with Gasteiger partial charge in [-0.15, -0.1) is 0 Å². The maximum atomic E-state index is 12.0. The van der Waals surface area contributed by atoms with Crippen LogP contribution in [0.1, 0.15) is 34.3 Å². The van der Waals surface area contributed by atoms with Crippen LogP contribution in [0.15, 0.2) is 30.3 Å². The number of ether oxygens (including phenoxy) is 2. The van der Waals surface area contributed by atoms with Gasteiger partial charge in [-0.2, -0.15) is 0 Å². The second-order valence-electron chi connectivity index (χ2n) is 6.41. The van der Waals surface area contributed by atoms with Crippen LogP contribution in [-0.4, -0.2) is 37.2 Å². The van der Waals surface area contributed by atoms with E-state index in [9.17, 15) is 4.79 Å². The number of methoxy groups -OCH3 is 1. The lowest BCUT2D eigenvalue weighted by Crippen LogP contribution is -2.32. The zero-order chi connectivity index (χ0) is 15.8. The molecule has 0 radical (unpaired) electrons. The molecule has 0 N–H and O–H groups in total. The Morgan fingerprint density at radius 1 is 1.30 bits per heavy atom. The predicted molar refractivity (Wildman–Crippen MR) is 88.4 cm³/mol. The Morgan fingerprint density at radius 2 is 2.22 bits per heavy atom. The van der Waals surface area contributed by atoms with Crippen LogP contribution < -0.4 is 0 Å².